The number of H-pyrrole nitrogens is 3. The minimum atomic E-state index is -0.989. The van der Waals surface area contributed by atoms with Crippen molar-refractivity contribution in [3.05, 3.63) is 241 Å². The molecule has 18 aromatic rings. The third kappa shape index (κ3) is 18.0. The maximum absolute atomic E-state index is 12.2. The van der Waals surface area contributed by atoms with Crippen molar-refractivity contribution in [3.8, 4) is 0 Å². The van der Waals surface area contributed by atoms with E-state index < -0.39 is 22.1 Å². The Morgan fingerprint density at radius 1 is 0.536 bits per heavy atom. The first-order valence-corrected chi connectivity index (χ1v) is 33.6. The van der Waals surface area contributed by atoms with E-state index in [1.54, 1.807) is 115 Å². The lowest BCUT2D eigenvalue weighted by molar-refractivity contribution is -0.386. The van der Waals surface area contributed by atoms with Gasteiger partial charge in [-0.15, -0.1) is 0 Å². The number of aromatic carboxylic acids is 1. The number of imidazole rings is 3. The fraction of sp³-hybridized carbons (Fsp3) is 0.111. The van der Waals surface area contributed by atoms with E-state index in [2.05, 4.69) is 97.6 Å². The number of nitrogens with zero attached hydrogens (tertiary/aromatic N) is 16. The number of carbonyl (C=O) groups excluding carboxylic acids is 2. The van der Waals surface area contributed by atoms with Crippen molar-refractivity contribution >= 4 is 178 Å². The number of Topliss-reactive ketones (excluding diaryl/α,β-unsaturated/α-hetero) is 2. The molecule has 15 aromatic heterocycles. The molecule has 0 bridgehead atoms. The van der Waals surface area contributed by atoms with Crippen molar-refractivity contribution in [1.82, 2.24) is 88.5 Å². The van der Waals surface area contributed by atoms with Gasteiger partial charge >= 0.3 is 35.3 Å². The summed E-state index contributed by atoms with van der Waals surface area (Å²) in [4.78, 5) is 123. The molecule has 18 rings (SSSR count). The lowest BCUT2D eigenvalue weighted by atomic mass is 10.1. The highest BCUT2D eigenvalue weighted by molar-refractivity contribution is 7.71. The van der Waals surface area contributed by atoms with Gasteiger partial charge in [0, 0.05) is 88.1 Å². The highest BCUT2D eigenvalue weighted by Gasteiger charge is 2.18. The minimum Gasteiger partial charge on any atom is -0.478 e. The summed E-state index contributed by atoms with van der Waals surface area (Å²) in [5.74, 6) is 0.833. The Kier molecular flexibility index (Phi) is 23.0. The molecule has 0 radical (unpaired) electrons. The molecule has 0 saturated carbocycles. The van der Waals surface area contributed by atoms with Gasteiger partial charge in [0.25, 0.3) is 15.7 Å². The minimum absolute atomic E-state index is 0.0112. The number of anilines is 7. The van der Waals surface area contributed by atoms with Crippen LogP contribution in [0.1, 0.15) is 64.2 Å². The lowest BCUT2D eigenvalue weighted by Gasteiger charge is -2.02. The van der Waals surface area contributed by atoms with Gasteiger partial charge in [-0.1, -0.05) is 13.3 Å². The largest absolute Gasteiger partial charge is 0.478 e. The molecule has 0 saturated heterocycles. The van der Waals surface area contributed by atoms with Crippen LogP contribution in [0.5, 0.6) is 0 Å². The standard InChI is InChI=1S/C19H19N5O2.C16H13N5O2.C15H11N5O3.C6H3ClN2O.C6H4N2OS.C5H4N2O3.C5H6N2O/c1-3-4-7-16(25)12-8-9-15-14(11-12)21-18(24(15)2)23-19-22-13-6-5-10-20-17(13)26-19;1-9(22)10-5-6-13-12(8-10)18-15(21(13)2)20-16-19-11-4-3-7-17-14(11)23-16;1-20-11-5-4-8(13(21)22)7-10(11)17-14(20)19-15-18-9-3-2-6-16-12(9)23-15;7-6-9-4-2-1-3-8-5(4)10-6;10-6-8-4-2-1-3-7-5(4)9-6;8-5-4(7(9)10)2-1-3-6-5;6-4-2-1-3-7-5(4)8/h5-6,8-11H,3-4,7H2,1-2H3,(H,21,22,23);3-8H,1-2H3,(H,18,19,20);2-7H,1H3,(H,21,22)(H,17,18,19);1-3H;1-3H,(H,8,10);1-3H,(H,6,8);1-3H,6H2,(H,7,8). The number of rotatable bonds is 13. The van der Waals surface area contributed by atoms with E-state index in [0.717, 1.165) is 52.0 Å². The van der Waals surface area contributed by atoms with Gasteiger partial charge in [-0.3, -0.25) is 45.2 Å². The maximum atomic E-state index is 12.2. The number of benzene rings is 3. The van der Waals surface area contributed by atoms with Gasteiger partial charge in [0.1, 0.15) is 27.6 Å². The van der Waals surface area contributed by atoms with E-state index in [1.807, 2.05) is 78.8 Å². The van der Waals surface area contributed by atoms with Crippen LogP contribution >= 0.6 is 23.8 Å². The van der Waals surface area contributed by atoms with Crippen molar-refractivity contribution < 1.29 is 46.5 Å². The van der Waals surface area contributed by atoms with Crippen molar-refractivity contribution in [3.63, 3.8) is 0 Å². The van der Waals surface area contributed by atoms with Crippen LogP contribution in [0.15, 0.2) is 215 Å². The zero-order valence-corrected chi connectivity index (χ0v) is 59.9. The summed E-state index contributed by atoms with van der Waals surface area (Å²) in [5, 5.41) is 28.3. The number of carbonyl (C=O) groups is 3. The van der Waals surface area contributed by atoms with Gasteiger partial charge in [0.05, 0.1) is 49.3 Å². The SMILES string of the molecule is CC(=O)c1ccc2c(c1)nc(Nc1nc3cccnc3o1)n2C.CCCCC(=O)c1ccc2c(c1)nc(Nc1nc3cccnc3o1)n2C.Clc1nc2cccnc2o1.Cn1c(Nc2nc3cccnc3o2)nc2cc(C(=O)O)ccc21.Nc1ccc[nH]c1=O.O=c1[nH]cccc1[N+](=O)[O-].S=c1[nH]c2cccnc2o1. The van der Waals surface area contributed by atoms with Gasteiger partial charge in [0.2, 0.25) is 46.4 Å². The van der Waals surface area contributed by atoms with Crippen LogP contribution in [-0.4, -0.2) is 116 Å². The number of oxazole rings is 5. The second-order valence-electron chi connectivity index (χ2n) is 23.2. The van der Waals surface area contributed by atoms with Crippen LogP contribution in [0.4, 0.5) is 47.3 Å². The van der Waals surface area contributed by atoms with Gasteiger partial charge in [0.15, 0.2) is 11.6 Å². The summed E-state index contributed by atoms with van der Waals surface area (Å²) < 4.78 is 32.1. The molecule has 0 atom stereocenters. The van der Waals surface area contributed by atoms with Gasteiger partial charge in [-0.25, -0.2) is 44.7 Å². The van der Waals surface area contributed by atoms with Gasteiger partial charge < -0.3 is 61.6 Å². The van der Waals surface area contributed by atoms with Crippen molar-refractivity contribution in [2.45, 2.75) is 33.1 Å². The summed E-state index contributed by atoms with van der Waals surface area (Å²) in [6.07, 6.45) is 13.6. The predicted octanol–water partition coefficient (Wildman–Crippen LogP) is 13.8. The van der Waals surface area contributed by atoms with E-state index in [1.165, 1.54) is 25.3 Å². The second-order valence-corrected chi connectivity index (χ2v) is 23.9. The summed E-state index contributed by atoms with van der Waals surface area (Å²) in [6, 6.07) is 40.6. The number of aromatic nitrogens is 18. The molecule has 0 unspecified atom stereocenters. The zero-order chi connectivity index (χ0) is 77.5. The number of nitro groups is 1. The van der Waals surface area contributed by atoms with Crippen molar-refractivity contribution in [1.29, 1.82) is 0 Å². The fourth-order valence-corrected chi connectivity index (χ4v) is 10.6. The molecule has 36 nitrogen and oxygen atoms in total. The summed E-state index contributed by atoms with van der Waals surface area (Å²) in [6.45, 7) is 3.61. The smallest absolute Gasteiger partial charge is 0.335 e. The zero-order valence-electron chi connectivity index (χ0n) is 58.3. The van der Waals surface area contributed by atoms with Gasteiger partial charge in [-0.05, 0) is 171 Å². The Balaban J connectivity index is 0.000000125. The molecule has 0 aliphatic heterocycles. The van der Waals surface area contributed by atoms with E-state index in [-0.39, 0.29) is 39.7 Å². The number of nitrogens with two attached hydrogens (primary N) is 1. The van der Waals surface area contributed by atoms with Crippen LogP contribution in [-0.2, 0) is 21.1 Å². The molecule has 110 heavy (non-hydrogen) atoms. The number of ketones is 2. The average Bonchev–Trinajstić information content (AvgIpc) is 1.65. The third-order valence-corrected chi connectivity index (χ3v) is 16.1. The topological polar surface area (TPSA) is 493 Å². The van der Waals surface area contributed by atoms with Gasteiger partial charge in [-0.2, -0.15) is 19.9 Å². The number of carboxylic acids is 1. The average molecular weight is 1520 g/mol. The Morgan fingerprint density at radius 3 is 1.35 bits per heavy atom. The number of halogens is 1. The van der Waals surface area contributed by atoms with E-state index in [4.69, 9.17) is 56.7 Å². The van der Waals surface area contributed by atoms with Crippen LogP contribution in [0, 0.1) is 15.0 Å². The number of aromatic amines is 3. The molecular formula is C72H60ClN23O13S. The Labute approximate surface area is 626 Å². The number of carboxylic acid groups (broad SMARTS) is 1. The lowest BCUT2D eigenvalue weighted by Crippen LogP contribution is -2.09. The van der Waals surface area contributed by atoms with Crippen LogP contribution in [0.2, 0.25) is 5.35 Å². The van der Waals surface area contributed by atoms with Crippen LogP contribution in [0.3, 0.4) is 0 Å². The molecule has 9 N–H and O–H groups in total. The number of nitrogen functional groups attached to an aromatic ring is 1. The summed E-state index contributed by atoms with van der Waals surface area (Å²) in [5.41, 5.74) is 16.2. The molecule has 0 aliphatic rings. The number of nitrogens with one attached hydrogen (secondary N) is 6. The summed E-state index contributed by atoms with van der Waals surface area (Å²) >= 11 is 10.2. The molecule has 0 aliphatic carbocycles. The quantitative estimate of drug-likeness (QED) is 0.0230. The van der Waals surface area contributed by atoms with E-state index >= 15 is 0 Å². The molecule has 15 heterocycles. The highest BCUT2D eigenvalue weighted by atomic mass is 35.5. The van der Waals surface area contributed by atoms with Crippen LogP contribution in [0.25, 0.3) is 89.3 Å². The fourth-order valence-electron chi connectivity index (χ4n) is 10.2. The van der Waals surface area contributed by atoms with Crippen molar-refractivity contribution in [2.75, 3.05) is 21.7 Å². The van der Waals surface area contributed by atoms with E-state index in [9.17, 15) is 34.1 Å². The first kappa shape index (κ1) is 74.7. The second kappa shape index (κ2) is 33.8. The maximum Gasteiger partial charge on any atom is 0.335 e. The molecule has 0 fully saturated rings. The van der Waals surface area contributed by atoms with E-state index in [0.29, 0.717) is 108 Å². The Hall–Kier alpha value is -15.0. The molecular weight excluding hydrogens is 1460 g/mol. The number of aryl methyl sites for hydroxylation is 3. The monoisotopic (exact) mass is 1520 g/mol. The number of pyridine rings is 7. The first-order valence-electron chi connectivity index (χ1n) is 32.8. The molecule has 554 valence electrons. The highest BCUT2D eigenvalue weighted by Crippen LogP contribution is 2.29. The Morgan fingerprint density at radius 2 is 0.955 bits per heavy atom. The number of hydrogen-bond donors (Lipinski definition) is 8. The molecule has 3 aromatic carbocycles. The first-order chi connectivity index (χ1) is 53.1. The molecule has 0 amide bonds. The predicted molar refractivity (Wildman–Crippen MR) is 409 cm³/mol. The van der Waals surface area contributed by atoms with Crippen LogP contribution < -0.4 is 32.8 Å². The number of unbranched alkanes of at least 4 members (excludes halogenated alkanes) is 1. The molecule has 0 spiro atoms. The molecule has 38 heteroatoms. The summed E-state index contributed by atoms with van der Waals surface area (Å²) in [7, 11) is 5.60. The Bertz CT molecular complexity index is 6230. The number of fused-ring (bicyclic) bond motifs is 8. The van der Waals surface area contributed by atoms with Crippen molar-refractivity contribution in [2.24, 2.45) is 21.1 Å². The third-order valence-electron chi connectivity index (χ3n) is 15.7. The number of hydrogen-bond acceptors (Lipinski definition) is 29. The normalized spacial score (nSPS) is 10.7.